The van der Waals surface area contributed by atoms with E-state index in [0.717, 1.165) is 0 Å². The van der Waals surface area contributed by atoms with Crippen LogP contribution in [0, 0.1) is 17.1 Å². The van der Waals surface area contributed by atoms with E-state index in [0.29, 0.717) is 30.1 Å². The first kappa shape index (κ1) is 25.7. The Balaban J connectivity index is 1.50. The second-order valence-corrected chi connectivity index (χ2v) is 9.04. The number of carbonyl (C=O) groups excluding carboxylic acids is 2. The van der Waals surface area contributed by atoms with Crippen LogP contribution in [0.3, 0.4) is 0 Å². The number of hydrogen-bond donors (Lipinski definition) is 2. The molecule has 2 atom stereocenters. The zero-order valence-electron chi connectivity index (χ0n) is 21.0. The van der Waals surface area contributed by atoms with Crippen molar-refractivity contribution in [3.05, 3.63) is 71.4 Å². The number of anilines is 1. The summed E-state index contributed by atoms with van der Waals surface area (Å²) in [6.07, 6.45) is 2.85. The minimum absolute atomic E-state index is 0.0652. The van der Waals surface area contributed by atoms with E-state index < -0.39 is 29.8 Å². The highest BCUT2D eigenvalue weighted by Crippen LogP contribution is 2.29. The van der Waals surface area contributed by atoms with Gasteiger partial charge in [0, 0.05) is 50.1 Å². The SMILES string of the molecule is COc1ccc2cc1OCC(=O)NCc1cc(F)cc(c1)O[C@@H]1CCN(c3nccnc3C#N)C[C@@H]1NC2=O. The zero-order valence-corrected chi connectivity index (χ0v) is 21.0. The fourth-order valence-electron chi connectivity index (χ4n) is 4.59. The first-order valence-electron chi connectivity index (χ1n) is 12.2. The van der Waals surface area contributed by atoms with Crippen molar-refractivity contribution in [1.29, 1.82) is 5.26 Å². The fraction of sp³-hybridized carbons (Fsp3) is 0.296. The number of ether oxygens (including phenoxy) is 3. The van der Waals surface area contributed by atoms with Crippen LogP contribution in [0.2, 0.25) is 0 Å². The van der Waals surface area contributed by atoms with E-state index in [1.165, 1.54) is 37.7 Å². The van der Waals surface area contributed by atoms with Crippen LogP contribution in [0.5, 0.6) is 17.2 Å². The third kappa shape index (κ3) is 5.82. The van der Waals surface area contributed by atoms with Crippen molar-refractivity contribution in [3.63, 3.8) is 0 Å². The van der Waals surface area contributed by atoms with E-state index in [2.05, 4.69) is 26.7 Å². The number of carbonyl (C=O) groups is 2. The maximum Gasteiger partial charge on any atom is 0.258 e. The molecular formula is C27H25FN6O5. The number of amides is 2. The molecule has 2 aliphatic heterocycles. The van der Waals surface area contributed by atoms with E-state index in [1.807, 2.05) is 4.90 Å². The molecule has 2 amide bonds. The Kier molecular flexibility index (Phi) is 7.40. The van der Waals surface area contributed by atoms with Gasteiger partial charge in [0.1, 0.15) is 23.7 Å². The number of hydrogen-bond acceptors (Lipinski definition) is 9. The van der Waals surface area contributed by atoms with Crippen molar-refractivity contribution >= 4 is 17.6 Å². The molecule has 12 heteroatoms. The van der Waals surface area contributed by atoms with Crippen molar-refractivity contribution in [3.8, 4) is 23.3 Å². The summed E-state index contributed by atoms with van der Waals surface area (Å²) in [5, 5.41) is 15.2. The lowest BCUT2D eigenvalue weighted by Crippen LogP contribution is -2.57. The Bertz CT molecular complexity index is 1440. The monoisotopic (exact) mass is 532 g/mol. The summed E-state index contributed by atoms with van der Waals surface area (Å²) in [6, 6.07) is 10.4. The van der Waals surface area contributed by atoms with E-state index >= 15 is 0 Å². The summed E-state index contributed by atoms with van der Waals surface area (Å²) >= 11 is 0. The average Bonchev–Trinajstić information content (AvgIpc) is 2.95. The first-order valence-corrected chi connectivity index (χ1v) is 12.2. The molecule has 0 saturated carbocycles. The highest BCUT2D eigenvalue weighted by Gasteiger charge is 2.34. The Hall–Kier alpha value is -4.92. The molecule has 4 bridgehead atoms. The number of nitriles is 1. The summed E-state index contributed by atoms with van der Waals surface area (Å²) in [5.74, 6) is -0.125. The number of halogens is 1. The number of nitrogens with one attached hydrogen (secondary N) is 2. The molecule has 11 nitrogen and oxygen atoms in total. The fourth-order valence-corrected chi connectivity index (χ4v) is 4.59. The molecule has 2 aromatic carbocycles. The molecule has 1 aromatic heterocycles. The molecule has 2 aliphatic rings. The van der Waals surface area contributed by atoms with Crippen LogP contribution in [0.4, 0.5) is 10.2 Å². The summed E-state index contributed by atoms with van der Waals surface area (Å²) in [4.78, 5) is 36.1. The van der Waals surface area contributed by atoms with Gasteiger partial charge < -0.3 is 29.7 Å². The third-order valence-corrected chi connectivity index (χ3v) is 6.44. The number of rotatable bonds is 2. The molecule has 3 aromatic rings. The van der Waals surface area contributed by atoms with Gasteiger partial charge in [0.25, 0.3) is 11.8 Å². The lowest BCUT2D eigenvalue weighted by atomic mass is 10.0. The van der Waals surface area contributed by atoms with Gasteiger partial charge in [0.05, 0.1) is 13.2 Å². The van der Waals surface area contributed by atoms with E-state index in [9.17, 15) is 19.2 Å². The molecule has 5 rings (SSSR count). The molecule has 2 N–H and O–H groups in total. The maximum absolute atomic E-state index is 14.5. The molecule has 0 spiro atoms. The van der Waals surface area contributed by atoms with E-state index in [-0.39, 0.29) is 42.5 Å². The normalized spacial score (nSPS) is 19.4. The lowest BCUT2D eigenvalue weighted by Gasteiger charge is -2.39. The third-order valence-electron chi connectivity index (χ3n) is 6.44. The average molecular weight is 533 g/mol. The molecular weight excluding hydrogens is 507 g/mol. The second kappa shape index (κ2) is 11.2. The molecule has 0 aliphatic carbocycles. The Morgan fingerprint density at radius 3 is 2.85 bits per heavy atom. The lowest BCUT2D eigenvalue weighted by molar-refractivity contribution is -0.123. The van der Waals surface area contributed by atoms with Crippen LogP contribution in [-0.4, -0.2) is 60.7 Å². The molecule has 3 heterocycles. The number of nitrogens with zero attached hydrogens (tertiary/aromatic N) is 4. The summed E-state index contributed by atoms with van der Waals surface area (Å²) in [6.45, 7) is 0.458. The number of piperidine rings is 1. The molecule has 39 heavy (non-hydrogen) atoms. The highest BCUT2D eigenvalue weighted by molar-refractivity contribution is 5.95. The van der Waals surface area contributed by atoms with Crippen molar-refractivity contribution in [2.24, 2.45) is 0 Å². The standard InChI is InChI=1S/C27H25FN6O5/c1-37-23-3-2-17-10-24(23)38-15-25(35)32-13-16-8-18(28)11-19(9-16)39-22-4-7-34(14-21(22)33-27(17)36)26-20(12-29)30-5-6-31-26/h2-3,5-6,8-11,21-22H,4,7,13-15H2,1H3,(H,32,35)(H,33,36)/t21-,22+/m0/s1. The number of fused-ring (bicyclic) bond motifs is 5. The van der Waals surface area contributed by atoms with Gasteiger partial charge in [-0.25, -0.2) is 14.4 Å². The highest BCUT2D eigenvalue weighted by atomic mass is 19.1. The smallest absolute Gasteiger partial charge is 0.258 e. The van der Waals surface area contributed by atoms with Crippen molar-refractivity contribution < 1.29 is 28.2 Å². The van der Waals surface area contributed by atoms with Crippen LogP contribution < -0.4 is 29.7 Å². The van der Waals surface area contributed by atoms with Crippen LogP contribution in [0.15, 0.2) is 48.8 Å². The molecule has 0 radical (unpaired) electrons. The molecule has 1 fully saturated rings. The van der Waals surface area contributed by atoms with Crippen molar-refractivity contribution in [2.45, 2.75) is 25.1 Å². The van der Waals surface area contributed by atoms with Gasteiger partial charge in [0.15, 0.2) is 29.6 Å². The van der Waals surface area contributed by atoms with E-state index in [1.54, 1.807) is 18.2 Å². The van der Waals surface area contributed by atoms with Crippen molar-refractivity contribution in [2.75, 3.05) is 31.7 Å². The summed E-state index contributed by atoms with van der Waals surface area (Å²) in [5.41, 5.74) is 0.950. The van der Waals surface area contributed by atoms with Crippen LogP contribution in [-0.2, 0) is 11.3 Å². The topological polar surface area (TPSA) is 139 Å². The molecule has 1 saturated heterocycles. The van der Waals surface area contributed by atoms with Crippen LogP contribution in [0.25, 0.3) is 0 Å². The predicted molar refractivity (Wildman–Crippen MR) is 136 cm³/mol. The van der Waals surface area contributed by atoms with Gasteiger partial charge in [-0.1, -0.05) is 0 Å². The van der Waals surface area contributed by atoms with Crippen LogP contribution in [0.1, 0.15) is 28.0 Å². The van der Waals surface area contributed by atoms with Gasteiger partial charge in [-0.05, 0) is 35.9 Å². The second-order valence-electron chi connectivity index (χ2n) is 9.04. The minimum atomic E-state index is -0.564. The quantitative estimate of drug-likeness (QED) is 0.507. The van der Waals surface area contributed by atoms with Gasteiger partial charge >= 0.3 is 0 Å². The predicted octanol–water partition coefficient (Wildman–Crippen LogP) is 1.96. The van der Waals surface area contributed by atoms with Gasteiger partial charge in [0.2, 0.25) is 0 Å². The largest absolute Gasteiger partial charge is 0.493 e. The maximum atomic E-state index is 14.5. The Labute approximate surface area is 223 Å². The number of methoxy groups -OCH3 is 1. The number of benzene rings is 2. The summed E-state index contributed by atoms with van der Waals surface area (Å²) < 4.78 is 31.6. The van der Waals surface area contributed by atoms with Gasteiger partial charge in [-0.3, -0.25) is 9.59 Å². The Morgan fingerprint density at radius 2 is 2.03 bits per heavy atom. The van der Waals surface area contributed by atoms with Gasteiger partial charge in [-0.15, -0.1) is 0 Å². The molecule has 0 unspecified atom stereocenters. The zero-order chi connectivity index (χ0) is 27.4. The number of aromatic nitrogens is 2. The van der Waals surface area contributed by atoms with Crippen molar-refractivity contribution in [1.82, 2.24) is 20.6 Å². The minimum Gasteiger partial charge on any atom is -0.493 e. The van der Waals surface area contributed by atoms with Gasteiger partial charge in [-0.2, -0.15) is 5.26 Å². The van der Waals surface area contributed by atoms with Crippen LogP contribution >= 0.6 is 0 Å². The molecule has 200 valence electrons. The first-order chi connectivity index (χ1) is 18.9. The Morgan fingerprint density at radius 1 is 1.18 bits per heavy atom. The summed E-state index contributed by atoms with van der Waals surface area (Å²) in [7, 11) is 1.45. The van der Waals surface area contributed by atoms with E-state index in [4.69, 9.17) is 14.2 Å².